The molecule has 4 heterocycles. The van der Waals surface area contributed by atoms with Crippen molar-refractivity contribution in [2.75, 3.05) is 41.5 Å². The Balaban J connectivity index is 1.42. The Labute approximate surface area is 274 Å². The first-order chi connectivity index (χ1) is 22.8. The largest absolute Gasteiger partial charge is 0.507 e. The first-order valence-electron chi connectivity index (χ1n) is 16.1. The van der Waals surface area contributed by atoms with Crippen molar-refractivity contribution in [3.63, 3.8) is 0 Å². The minimum absolute atomic E-state index is 0.0143. The molecule has 1 N–H and O–H groups in total. The molecule has 2 unspecified atom stereocenters. The monoisotopic (exact) mass is 634 g/mol. The average Bonchev–Trinajstić information content (AvgIpc) is 3.07. The normalized spacial score (nSPS) is 19.0. The highest BCUT2D eigenvalue weighted by atomic mass is 16.6. The van der Waals surface area contributed by atoms with E-state index in [9.17, 15) is 9.90 Å². The molecule has 4 aromatic rings. The molecule has 0 saturated heterocycles. The predicted octanol–water partition coefficient (Wildman–Crippen LogP) is 6.76. The molecule has 8 rings (SSSR count). The van der Waals surface area contributed by atoms with Gasteiger partial charge in [0.15, 0.2) is 23.0 Å². The van der Waals surface area contributed by atoms with Crippen LogP contribution in [0.4, 0.5) is 0 Å². The van der Waals surface area contributed by atoms with Gasteiger partial charge in [-0.1, -0.05) is 12.1 Å². The summed E-state index contributed by atoms with van der Waals surface area (Å²) >= 11 is 0. The second kappa shape index (κ2) is 11.1. The van der Waals surface area contributed by atoms with Crippen LogP contribution >= 0.6 is 0 Å². The van der Waals surface area contributed by atoms with Gasteiger partial charge in [0.2, 0.25) is 17.4 Å². The number of fused-ring (bicyclic) bond motifs is 5. The zero-order valence-corrected chi connectivity index (χ0v) is 27.3. The summed E-state index contributed by atoms with van der Waals surface area (Å²) < 4.78 is 31.4. The maximum absolute atomic E-state index is 13.0. The lowest BCUT2D eigenvalue weighted by Crippen LogP contribution is -2.39. The maximum Gasteiger partial charge on any atom is 0.219 e. The van der Waals surface area contributed by atoms with Crippen LogP contribution < -0.4 is 23.7 Å². The molecular weight excluding hydrogens is 596 g/mol. The lowest BCUT2D eigenvalue weighted by atomic mass is 9.85. The molecule has 4 aliphatic rings. The predicted molar refractivity (Wildman–Crippen MR) is 177 cm³/mol. The summed E-state index contributed by atoms with van der Waals surface area (Å²) in [4.78, 5) is 17.3. The minimum Gasteiger partial charge on any atom is -0.507 e. The third-order valence-corrected chi connectivity index (χ3v) is 10.3. The highest BCUT2D eigenvalue weighted by Gasteiger charge is 2.40. The van der Waals surface area contributed by atoms with Crippen molar-refractivity contribution in [3.8, 4) is 57.1 Å². The Morgan fingerprint density at radius 1 is 0.809 bits per heavy atom. The SMILES string of the molecule is COc1ccc2cc1-c1cc(ccc1O)CC1c3cc4c(cc3CCN1C(C)=O)Oc1c(OC)c(OC)c3c(c1O4)C(C2)N(C)CC3. The maximum atomic E-state index is 13.0. The van der Waals surface area contributed by atoms with Crippen LogP contribution in [-0.2, 0) is 30.5 Å². The molecular formula is C38H38N2O7. The number of rotatable bonds is 3. The van der Waals surface area contributed by atoms with Crippen LogP contribution in [0.5, 0.6) is 46.0 Å². The Morgan fingerprint density at radius 2 is 1.51 bits per heavy atom. The van der Waals surface area contributed by atoms with Gasteiger partial charge in [-0.15, -0.1) is 0 Å². The van der Waals surface area contributed by atoms with Crippen molar-refractivity contribution >= 4 is 5.91 Å². The topological polar surface area (TPSA) is 89.9 Å². The second-order valence-electron chi connectivity index (χ2n) is 12.8. The van der Waals surface area contributed by atoms with E-state index < -0.39 is 0 Å². The number of methoxy groups -OCH3 is 3. The van der Waals surface area contributed by atoms with Gasteiger partial charge in [0, 0.05) is 48.3 Å². The van der Waals surface area contributed by atoms with E-state index in [2.05, 4.69) is 30.1 Å². The second-order valence-corrected chi connectivity index (χ2v) is 12.8. The number of hydrogen-bond acceptors (Lipinski definition) is 8. The Kier molecular flexibility index (Phi) is 6.98. The van der Waals surface area contributed by atoms with Gasteiger partial charge < -0.3 is 33.7 Å². The van der Waals surface area contributed by atoms with E-state index in [-0.39, 0.29) is 23.7 Å². The lowest BCUT2D eigenvalue weighted by molar-refractivity contribution is -0.131. The molecule has 0 aromatic heterocycles. The number of amides is 1. The summed E-state index contributed by atoms with van der Waals surface area (Å²) in [5.41, 5.74) is 7.75. The highest BCUT2D eigenvalue weighted by molar-refractivity contribution is 5.78. The summed E-state index contributed by atoms with van der Waals surface area (Å²) in [5, 5.41) is 11.2. The molecule has 242 valence electrons. The van der Waals surface area contributed by atoms with Crippen molar-refractivity contribution in [3.05, 3.63) is 81.9 Å². The molecule has 7 bridgehead atoms. The molecule has 0 radical (unpaired) electrons. The van der Waals surface area contributed by atoms with Gasteiger partial charge in [-0.05, 0) is 91.4 Å². The number of phenols is 1. The number of nitrogens with zero attached hydrogens (tertiary/aromatic N) is 2. The van der Waals surface area contributed by atoms with Gasteiger partial charge in [0.1, 0.15) is 11.5 Å². The number of benzene rings is 4. The van der Waals surface area contributed by atoms with Crippen LogP contribution in [-0.4, -0.2) is 62.3 Å². The number of carbonyl (C=O) groups is 1. The van der Waals surface area contributed by atoms with Crippen molar-refractivity contribution in [2.45, 2.75) is 44.7 Å². The van der Waals surface area contributed by atoms with Gasteiger partial charge in [-0.2, -0.15) is 0 Å². The van der Waals surface area contributed by atoms with Crippen LogP contribution in [0.15, 0.2) is 48.5 Å². The van der Waals surface area contributed by atoms with Gasteiger partial charge in [0.25, 0.3) is 0 Å². The van der Waals surface area contributed by atoms with Crippen LogP contribution in [0, 0.1) is 0 Å². The third-order valence-electron chi connectivity index (χ3n) is 10.3. The Hall–Kier alpha value is -4.89. The molecule has 2 atom stereocenters. The molecule has 0 fully saturated rings. The first-order valence-corrected chi connectivity index (χ1v) is 16.1. The van der Waals surface area contributed by atoms with Crippen LogP contribution in [0.2, 0.25) is 0 Å². The molecule has 9 heteroatoms. The zero-order valence-electron chi connectivity index (χ0n) is 27.3. The molecule has 4 aliphatic heterocycles. The fraction of sp³-hybridized carbons (Fsp3) is 0.342. The summed E-state index contributed by atoms with van der Waals surface area (Å²) in [7, 11) is 7.08. The highest BCUT2D eigenvalue weighted by Crippen LogP contribution is 2.60. The molecule has 0 aliphatic carbocycles. The molecule has 47 heavy (non-hydrogen) atoms. The standard InChI is InChI=1S/C38H38N2O7/c1-20(41)40-13-10-23-18-32-33-19-25(23)28(40)16-21-6-8-30(42)26(14-21)27-15-22(7-9-31(27)43-3)17-29-34-24(11-12-39(29)2)35(44-4)37(45-5)38(47-32)36(34)46-33/h6-9,14-15,18-19,28-29,42H,10-13,16-17H2,1-5H3. The van der Waals surface area contributed by atoms with Gasteiger partial charge >= 0.3 is 0 Å². The van der Waals surface area contributed by atoms with Gasteiger partial charge in [0.05, 0.1) is 27.4 Å². The summed E-state index contributed by atoms with van der Waals surface area (Å²) in [6, 6.07) is 15.6. The third kappa shape index (κ3) is 4.58. The van der Waals surface area contributed by atoms with E-state index in [0.717, 1.165) is 51.9 Å². The van der Waals surface area contributed by atoms with E-state index in [0.29, 0.717) is 71.6 Å². The molecule has 0 saturated carbocycles. The Morgan fingerprint density at radius 3 is 2.26 bits per heavy atom. The number of carbonyl (C=O) groups excluding carboxylic acids is 1. The van der Waals surface area contributed by atoms with E-state index in [1.54, 1.807) is 34.3 Å². The quantitative estimate of drug-likeness (QED) is 0.233. The van der Waals surface area contributed by atoms with E-state index in [4.69, 9.17) is 23.7 Å². The summed E-state index contributed by atoms with van der Waals surface area (Å²) in [5.74, 6) is 4.39. The van der Waals surface area contributed by atoms with Crippen molar-refractivity contribution in [1.29, 1.82) is 0 Å². The molecule has 0 spiro atoms. The van der Waals surface area contributed by atoms with Crippen LogP contribution in [0.25, 0.3) is 11.1 Å². The number of ether oxygens (including phenoxy) is 5. The Bertz CT molecular complexity index is 1950. The minimum atomic E-state index is -0.233. The van der Waals surface area contributed by atoms with Crippen molar-refractivity contribution in [2.24, 2.45) is 0 Å². The lowest BCUT2D eigenvalue weighted by Gasteiger charge is -2.40. The van der Waals surface area contributed by atoms with Gasteiger partial charge in [-0.25, -0.2) is 0 Å². The fourth-order valence-corrected chi connectivity index (χ4v) is 7.99. The number of likely N-dealkylation sites (N-methyl/N-ethyl adjacent to an activating group) is 1. The first kappa shape index (κ1) is 29.5. The van der Waals surface area contributed by atoms with Crippen LogP contribution in [0.1, 0.15) is 52.4 Å². The molecule has 4 aromatic carbocycles. The van der Waals surface area contributed by atoms with E-state index in [1.807, 2.05) is 29.2 Å². The number of hydrogen-bond donors (Lipinski definition) is 1. The average molecular weight is 635 g/mol. The summed E-state index contributed by atoms with van der Waals surface area (Å²) in [6.07, 6.45) is 2.67. The molecule has 1 amide bonds. The smallest absolute Gasteiger partial charge is 0.219 e. The van der Waals surface area contributed by atoms with Crippen LogP contribution in [0.3, 0.4) is 0 Å². The van der Waals surface area contributed by atoms with E-state index in [1.165, 1.54) is 0 Å². The van der Waals surface area contributed by atoms with Crippen molar-refractivity contribution in [1.82, 2.24) is 9.80 Å². The zero-order chi connectivity index (χ0) is 32.6. The fourth-order valence-electron chi connectivity index (χ4n) is 7.99. The number of aromatic hydroxyl groups is 1. The molecule has 9 nitrogen and oxygen atoms in total. The van der Waals surface area contributed by atoms with Gasteiger partial charge in [-0.3, -0.25) is 9.69 Å². The van der Waals surface area contributed by atoms with E-state index >= 15 is 0 Å². The number of phenolic OH excluding ortho intramolecular Hbond substituents is 1. The summed E-state index contributed by atoms with van der Waals surface area (Å²) in [6.45, 7) is 3.03. The van der Waals surface area contributed by atoms with Crippen molar-refractivity contribution < 1.29 is 33.6 Å².